The summed E-state index contributed by atoms with van der Waals surface area (Å²) in [6.45, 7) is 2.17. The van der Waals surface area contributed by atoms with E-state index in [0.29, 0.717) is 32.2 Å². The molecule has 0 amide bonds. The van der Waals surface area contributed by atoms with Gasteiger partial charge in [-0.25, -0.2) is 0 Å². The Kier molecular flexibility index (Phi) is 8.14. The number of aliphatic hydroxyl groups excluding tert-OH is 1. The fourth-order valence-corrected chi connectivity index (χ4v) is 9.50. The van der Waals surface area contributed by atoms with Crippen LogP contribution in [0.3, 0.4) is 0 Å². The number of hydrogen-bond donors (Lipinski definition) is 1. The fourth-order valence-electron chi connectivity index (χ4n) is 4.58. The van der Waals surface area contributed by atoms with Crippen LogP contribution < -0.4 is 0 Å². The Morgan fingerprint density at radius 3 is 2.63 bits per heavy atom. The molecular weight excluding hydrogens is 584 g/mol. The van der Waals surface area contributed by atoms with Gasteiger partial charge in [0, 0.05) is 0 Å². The normalized spacial score (nSPS) is 17.3. The first-order valence-electron chi connectivity index (χ1n) is 11.3. The van der Waals surface area contributed by atoms with Crippen molar-refractivity contribution in [2.45, 2.75) is 35.8 Å². The van der Waals surface area contributed by atoms with E-state index >= 15 is 0 Å². The zero-order valence-electron chi connectivity index (χ0n) is 19.7. The zero-order valence-corrected chi connectivity index (χ0v) is 23.9. The summed E-state index contributed by atoms with van der Waals surface area (Å²) >= 11 is -1.99. The molecule has 2 unspecified atom stereocenters. The first-order valence-corrected chi connectivity index (χ1v) is 16.5. The second-order valence-electron chi connectivity index (χ2n) is 8.86. The van der Waals surface area contributed by atoms with Crippen LogP contribution in [0.4, 0.5) is 13.2 Å². The number of aliphatic hydroxyl groups is 1. The van der Waals surface area contributed by atoms with Gasteiger partial charge in [0.05, 0.1) is 0 Å². The van der Waals surface area contributed by atoms with Gasteiger partial charge in [-0.2, -0.15) is 0 Å². The molecule has 0 aliphatic carbocycles. The van der Waals surface area contributed by atoms with Crippen molar-refractivity contribution < 1.29 is 27.3 Å². The van der Waals surface area contributed by atoms with E-state index < -0.39 is 51.7 Å². The van der Waals surface area contributed by atoms with Crippen LogP contribution >= 0.6 is 0 Å². The Morgan fingerprint density at radius 1 is 1.29 bits per heavy atom. The summed E-state index contributed by atoms with van der Waals surface area (Å²) < 4.78 is 58.5. The van der Waals surface area contributed by atoms with Gasteiger partial charge in [-0.1, -0.05) is 0 Å². The Hall–Kier alpha value is -1.63. The summed E-state index contributed by atoms with van der Waals surface area (Å²) in [6.07, 6.45) is -0.287. The van der Waals surface area contributed by atoms with Crippen molar-refractivity contribution in [3.8, 4) is 0 Å². The number of carbonyl (C=O) groups excluding carboxylic acids is 1. The van der Waals surface area contributed by atoms with Gasteiger partial charge in [-0.15, -0.1) is 0 Å². The number of fused-ring (bicyclic) bond motifs is 1. The standard InChI is InChI=1S/C14H19F2N2O3S.C9H8FN2.In/c1-9-12(7-11(8-19)17(9)2)14(20)22(21)18-5-3-10(4-6-18)13(15)16;1-6-8(10)4-3-7-5-11-12(2)9(6)7;/h7,10,13-14,20H,3-6H2,1-2H3;3-5H,1H2,2H3;. The number of hydrogen-bond acceptors (Lipinski definition) is 4. The van der Waals surface area contributed by atoms with Crippen LogP contribution in [0.15, 0.2) is 24.4 Å². The molecular formula is C23H27F3InN4O3S. The number of carbonyl (C=O) groups is 1. The molecule has 2 atom stereocenters. The molecule has 1 fully saturated rings. The monoisotopic (exact) mass is 611 g/mol. The Balaban J connectivity index is 1.48. The summed E-state index contributed by atoms with van der Waals surface area (Å²) in [4.78, 5) is 13.1. The minimum atomic E-state index is -2.40. The molecule has 12 heteroatoms. The maximum atomic E-state index is 14.6. The van der Waals surface area contributed by atoms with Crippen molar-refractivity contribution in [3.63, 3.8) is 0 Å². The number of nitrogens with zero attached hydrogens (tertiary/aromatic N) is 4. The third kappa shape index (κ3) is 5.26. The molecule has 3 heterocycles. The average molecular weight is 611 g/mol. The molecule has 1 aromatic carbocycles. The Morgan fingerprint density at radius 2 is 1.97 bits per heavy atom. The van der Waals surface area contributed by atoms with Crippen LogP contribution in [0.1, 0.15) is 45.6 Å². The molecule has 1 saturated heterocycles. The number of alkyl halides is 2. The second kappa shape index (κ2) is 10.8. The second-order valence-corrected chi connectivity index (χ2v) is 14.2. The van der Waals surface area contributed by atoms with Gasteiger partial charge in [-0.05, 0) is 0 Å². The Bertz CT molecular complexity index is 1270. The molecule has 0 spiro atoms. The molecule has 1 N–H and O–H groups in total. The van der Waals surface area contributed by atoms with E-state index in [0.717, 1.165) is 5.39 Å². The van der Waals surface area contributed by atoms with Crippen LogP contribution in [0.25, 0.3) is 10.9 Å². The van der Waals surface area contributed by atoms with Crippen LogP contribution in [0.2, 0.25) is 0 Å². The molecule has 7 nitrogen and oxygen atoms in total. The number of piperidine rings is 1. The molecule has 1 radical (unpaired) electrons. The number of halogens is 3. The number of aryl methyl sites for hydroxylation is 1. The van der Waals surface area contributed by atoms with Gasteiger partial charge >= 0.3 is 216 Å². The average Bonchev–Trinajstić information content (AvgIpc) is 3.37. The van der Waals surface area contributed by atoms with Crippen molar-refractivity contribution in [2.75, 3.05) is 13.1 Å². The first-order chi connectivity index (χ1) is 16.6. The molecule has 1 aliphatic heterocycles. The first kappa shape index (κ1) is 26.4. The summed E-state index contributed by atoms with van der Waals surface area (Å²) in [7, 11) is 1.63. The fraction of sp³-hybridized carbons (Fsp3) is 0.478. The zero-order chi connectivity index (χ0) is 25.4. The summed E-state index contributed by atoms with van der Waals surface area (Å²) in [5.74, 6) is -1.07. The van der Waals surface area contributed by atoms with Crippen molar-refractivity contribution in [1.29, 1.82) is 0 Å². The third-order valence-corrected chi connectivity index (χ3v) is 12.0. The summed E-state index contributed by atoms with van der Waals surface area (Å²) in [5, 5.41) is 15.8. The molecule has 2 aromatic heterocycles. The van der Waals surface area contributed by atoms with Crippen LogP contribution in [0.5, 0.6) is 0 Å². The van der Waals surface area contributed by atoms with Gasteiger partial charge in [-0.3, -0.25) is 0 Å². The maximum absolute atomic E-state index is 14.6. The third-order valence-electron chi connectivity index (χ3n) is 6.84. The van der Waals surface area contributed by atoms with Gasteiger partial charge in [0.1, 0.15) is 0 Å². The van der Waals surface area contributed by atoms with E-state index in [-0.39, 0.29) is 35.3 Å². The van der Waals surface area contributed by atoms with E-state index in [9.17, 15) is 27.3 Å². The summed E-state index contributed by atoms with van der Waals surface area (Å²) in [6, 6.07) is 4.63. The summed E-state index contributed by atoms with van der Waals surface area (Å²) in [5.41, 5.74) is 1.22. The van der Waals surface area contributed by atoms with Gasteiger partial charge in [0.15, 0.2) is 0 Å². The van der Waals surface area contributed by atoms with Gasteiger partial charge in [0.2, 0.25) is 0 Å². The molecule has 187 valence electrons. The molecule has 3 aromatic rings. The van der Waals surface area contributed by atoms with Gasteiger partial charge in [0.25, 0.3) is 0 Å². The molecule has 1 aliphatic rings. The predicted molar refractivity (Wildman–Crippen MR) is 128 cm³/mol. The Labute approximate surface area is 215 Å². The van der Waals surface area contributed by atoms with Crippen molar-refractivity contribution in [3.05, 3.63) is 52.7 Å². The molecule has 4 rings (SSSR count). The number of rotatable bonds is 8. The van der Waals surface area contributed by atoms with E-state index in [1.54, 1.807) is 48.6 Å². The van der Waals surface area contributed by atoms with Crippen LogP contribution in [0, 0.1) is 18.7 Å². The van der Waals surface area contributed by atoms with E-state index in [1.807, 2.05) is 0 Å². The number of benzene rings is 1. The van der Waals surface area contributed by atoms with Crippen molar-refractivity contribution >= 4 is 48.3 Å². The molecule has 0 saturated carbocycles. The molecule has 0 bridgehead atoms. The van der Waals surface area contributed by atoms with Crippen molar-refractivity contribution in [1.82, 2.24) is 18.7 Å². The number of aromatic nitrogens is 3. The van der Waals surface area contributed by atoms with Gasteiger partial charge < -0.3 is 0 Å². The van der Waals surface area contributed by atoms with E-state index in [2.05, 4.69) is 5.10 Å². The van der Waals surface area contributed by atoms with E-state index in [4.69, 9.17) is 0 Å². The van der Waals surface area contributed by atoms with Crippen LogP contribution in [-0.4, -0.2) is 73.9 Å². The molecule has 35 heavy (non-hydrogen) atoms. The van der Waals surface area contributed by atoms with E-state index in [1.165, 1.54) is 10.4 Å². The van der Waals surface area contributed by atoms with Crippen LogP contribution in [-0.2, 0) is 29.3 Å². The minimum absolute atomic E-state index is 0.0497. The predicted octanol–water partition coefficient (Wildman–Crippen LogP) is 3.04. The SMILES string of the molecule is Cc1c(C(O)S(=O)N2CCC(C(F)F)CC2)cc([C](=O)[In][CH2]c2c(F)ccc3cnn(C)c23)n1C. The quantitative estimate of drug-likeness (QED) is 0.425. The topological polar surface area (TPSA) is 80.4 Å². The van der Waals surface area contributed by atoms with Crippen molar-refractivity contribution in [2.24, 2.45) is 20.0 Å².